The number of H-pyrrole nitrogens is 1. The van der Waals surface area contributed by atoms with Crippen molar-refractivity contribution >= 4 is 178 Å². The molecule has 40 heteroatoms. The molecule has 18 rings (SSSR count). The fourth-order valence-electron chi connectivity index (χ4n) is 13.4. The van der Waals surface area contributed by atoms with Gasteiger partial charge >= 0.3 is 0 Å². The predicted molar refractivity (Wildman–Crippen MR) is 492 cm³/mol. The molecular formula is C88H72Cl4N16O16S4. The van der Waals surface area contributed by atoms with Gasteiger partial charge in [-0.25, -0.2) is 70.2 Å². The molecule has 14 aromatic rings. The molecule has 4 amide bonds. The van der Waals surface area contributed by atoms with E-state index in [4.69, 9.17) is 71.9 Å². The molecule has 6 aromatic heterocycles. The van der Waals surface area contributed by atoms with Gasteiger partial charge in [0, 0.05) is 86.5 Å². The number of hydrogen-bond donors (Lipinski definition) is 5. The molecule has 4 aliphatic rings. The summed E-state index contributed by atoms with van der Waals surface area (Å²) >= 11 is 24.9. The third-order valence-corrected chi connectivity index (χ3v) is 27.9. The number of aromatic nitrogens is 7. The number of anilines is 8. The van der Waals surface area contributed by atoms with Gasteiger partial charge < -0.3 is 45.2 Å². The van der Waals surface area contributed by atoms with Crippen LogP contribution in [0.15, 0.2) is 262 Å². The van der Waals surface area contributed by atoms with Crippen LogP contribution in [0.2, 0.25) is 20.1 Å². The largest absolute Gasteiger partial charge is 0.360 e. The highest BCUT2D eigenvalue weighted by molar-refractivity contribution is 7.93. The highest BCUT2D eigenvalue weighted by atomic mass is 35.5. The number of carbonyl (C=O) groups excluding carboxylic acids is 4. The van der Waals surface area contributed by atoms with Crippen molar-refractivity contribution in [3.05, 3.63) is 315 Å². The Bertz CT molecular complexity index is 7090. The van der Waals surface area contributed by atoms with Crippen LogP contribution >= 0.6 is 46.4 Å². The van der Waals surface area contributed by atoms with Crippen molar-refractivity contribution in [3.63, 3.8) is 0 Å². The number of carbonyl (C=O) groups is 4. The van der Waals surface area contributed by atoms with Crippen LogP contribution in [0.1, 0.15) is 41.4 Å². The lowest BCUT2D eigenvalue weighted by Gasteiger charge is -2.28. The highest BCUT2D eigenvalue weighted by Gasteiger charge is 2.32. The van der Waals surface area contributed by atoms with Crippen molar-refractivity contribution in [2.45, 2.75) is 0 Å². The van der Waals surface area contributed by atoms with Crippen LogP contribution in [0.4, 0.5) is 51.2 Å². The van der Waals surface area contributed by atoms with Gasteiger partial charge in [0.15, 0.2) is 5.69 Å². The van der Waals surface area contributed by atoms with Gasteiger partial charge in [-0.05, 0) is 206 Å². The van der Waals surface area contributed by atoms with Gasteiger partial charge in [-0.3, -0.25) is 29.1 Å². The van der Waals surface area contributed by atoms with E-state index in [1.54, 1.807) is 156 Å². The van der Waals surface area contributed by atoms with Gasteiger partial charge in [-0.15, -0.1) is 0 Å². The number of fused-ring (bicyclic) bond motifs is 2. The van der Waals surface area contributed by atoms with E-state index in [0.717, 1.165) is 43.4 Å². The first-order chi connectivity index (χ1) is 61.6. The Hall–Kier alpha value is -13.3. The fourth-order valence-corrected chi connectivity index (χ4v) is 19.1. The molecule has 32 nitrogen and oxygen atoms in total. The Labute approximate surface area is 754 Å². The second kappa shape index (κ2) is 39.3. The number of halogens is 4. The van der Waals surface area contributed by atoms with Gasteiger partial charge in [0.05, 0.1) is 144 Å². The minimum atomic E-state index is -3.48. The van der Waals surface area contributed by atoms with E-state index in [1.807, 2.05) is 79.1 Å². The molecule has 0 aliphatic carbocycles. The SMILES string of the molecule is O=C(Nc1ccc(Cl)c(-c2ccc3[nH]ccc3n2)c1)c1ccc(N2COCCS2(=O)=O)cc1.O=C(Nc1cccc(-c2ccc(Cl)cn2)c1)c1ccc(N2COCCS2(=O)=O)cc1.O=C(Nc1cccc(-c2ncnn3cccc23)c1)c1ccc(N2COCCS2(=O)=O)cc1Cl.[C-]#[N+]c1ccnc(-c2cc(NC(=O)c3ccc(N4COCCS4(=O)=O)cc3)ccc2Cl)c1. The second-order valence-electron chi connectivity index (χ2n) is 28.4. The third kappa shape index (κ3) is 21.4. The number of benzene rings is 8. The van der Waals surface area contributed by atoms with Crippen LogP contribution in [0, 0.1) is 6.57 Å². The number of aromatic amines is 1. The minimum Gasteiger partial charge on any atom is -0.360 e. The second-order valence-corrected chi connectivity index (χ2v) is 38.1. The van der Waals surface area contributed by atoms with E-state index in [9.17, 15) is 52.8 Å². The van der Waals surface area contributed by atoms with Crippen molar-refractivity contribution in [1.82, 2.24) is 34.5 Å². The Morgan fingerprint density at radius 2 is 0.891 bits per heavy atom. The molecule has 0 bridgehead atoms. The first kappa shape index (κ1) is 89.6. The minimum absolute atomic E-state index is 0.0284. The fraction of sp³-hybridized carbons (Fsp3) is 0.136. The van der Waals surface area contributed by atoms with E-state index < -0.39 is 46.0 Å². The normalized spacial score (nSPS) is 15.4. The summed E-state index contributed by atoms with van der Waals surface area (Å²) in [5.41, 5.74) is 13.9. The maximum atomic E-state index is 12.9. The molecule has 4 aliphatic heterocycles. The summed E-state index contributed by atoms with van der Waals surface area (Å²) in [7, 11) is -13.7. The third-order valence-electron chi connectivity index (χ3n) is 20.0. The Balaban J connectivity index is 0.000000131. The van der Waals surface area contributed by atoms with E-state index in [1.165, 1.54) is 43.6 Å². The Morgan fingerprint density at radius 3 is 1.38 bits per heavy atom. The standard InChI is InChI=1S/C23H19ClN4O4S.C22H18ClN5O4S.C22H17ClN4O4S.C21H18ClN3O4S/c24-19-6-3-16(13-18(19)20-7-8-21-22(27-20)9-10-25-21)26-23(29)15-1-4-17(5-2-15)28-14-32-11-12-33(28,30)31;23-19-12-17(28-14-32-9-10-33(28,30)31)6-7-18(19)22(29)26-16-4-1-3-15(11-16)21-20-5-2-8-27(20)25-13-24-21;1-24-16-8-9-25-21(13-16)19-12-17(4-7-20(19)23)26-22(28)15-2-5-18(6-3-15)27-14-31-10-11-32(27,29)30;22-17-6-9-20(23-13-17)16-2-1-3-18(12-16)24-21(26)15-4-7-19(8-5-15)25-14-29-10-11-30(25,27)28/h1-10,13,25H,11-12,14H2,(H,26,29);1-8,11-13H,9-10,14H2,(H,26,29);2-9,12-13H,10-11,14H2,(H,26,28);1-9,12-13H,10-11,14H2,(H,24,26). The molecular weight excluding hydrogens is 1810 g/mol. The molecule has 4 fully saturated rings. The average Bonchev–Trinajstić information content (AvgIpc) is 1.51. The summed E-state index contributed by atoms with van der Waals surface area (Å²) in [5.74, 6) is -1.74. The van der Waals surface area contributed by atoms with Crippen molar-refractivity contribution in [2.75, 3.05) is 115 Å². The smallest absolute Gasteiger partial charge is 0.257 e. The topological polar surface area (TPSA) is 392 Å². The van der Waals surface area contributed by atoms with E-state index in [-0.39, 0.29) is 105 Å². The van der Waals surface area contributed by atoms with Crippen LogP contribution in [0.5, 0.6) is 0 Å². The Kier molecular flexibility index (Phi) is 27.5. The van der Waals surface area contributed by atoms with Crippen molar-refractivity contribution < 1.29 is 71.8 Å². The summed E-state index contributed by atoms with van der Waals surface area (Å²) in [6, 6.07) is 64.4. The van der Waals surface area contributed by atoms with E-state index in [2.05, 4.69) is 56.1 Å². The van der Waals surface area contributed by atoms with Crippen LogP contribution < -0.4 is 38.5 Å². The van der Waals surface area contributed by atoms with Gasteiger partial charge in [-0.1, -0.05) is 70.7 Å². The number of amides is 4. The molecule has 652 valence electrons. The lowest BCUT2D eigenvalue weighted by Crippen LogP contribution is -2.41. The zero-order valence-corrected chi connectivity index (χ0v) is 73.2. The van der Waals surface area contributed by atoms with Crippen molar-refractivity contribution in [2.24, 2.45) is 0 Å². The first-order valence-corrected chi connectivity index (χ1v) is 46.7. The molecule has 0 unspecified atom stereocenters. The summed E-state index contributed by atoms with van der Waals surface area (Å²) in [5, 5.41) is 17.1. The van der Waals surface area contributed by atoms with Crippen LogP contribution in [-0.4, -0.2) is 168 Å². The predicted octanol–water partition coefficient (Wildman–Crippen LogP) is 15.8. The number of pyridine rings is 3. The van der Waals surface area contributed by atoms with Gasteiger partial charge in [0.1, 0.15) is 33.3 Å². The van der Waals surface area contributed by atoms with Crippen LogP contribution in [0.25, 0.3) is 66.4 Å². The number of hydrogen-bond acceptors (Lipinski definition) is 21. The maximum absolute atomic E-state index is 12.9. The highest BCUT2D eigenvalue weighted by Crippen LogP contribution is 2.36. The van der Waals surface area contributed by atoms with Gasteiger partial charge in [0.2, 0.25) is 40.1 Å². The molecule has 4 saturated heterocycles. The molecule has 128 heavy (non-hydrogen) atoms. The lowest BCUT2D eigenvalue weighted by molar-refractivity contribution is 0.101. The molecule has 5 N–H and O–H groups in total. The first-order valence-electron chi connectivity index (χ1n) is 38.8. The maximum Gasteiger partial charge on any atom is 0.257 e. The molecule has 0 saturated carbocycles. The number of nitrogens with zero attached hydrogens (tertiary/aromatic N) is 11. The number of rotatable bonds is 16. The van der Waals surface area contributed by atoms with Crippen LogP contribution in [-0.2, 0) is 59.0 Å². The molecule has 0 atom stereocenters. The van der Waals surface area contributed by atoms with Crippen molar-refractivity contribution in [3.8, 4) is 45.0 Å². The summed E-state index contributed by atoms with van der Waals surface area (Å²) in [6.45, 7) is 7.63. The van der Waals surface area contributed by atoms with Gasteiger partial charge in [-0.2, -0.15) is 5.10 Å². The summed E-state index contributed by atoms with van der Waals surface area (Å²) in [6.07, 6.45) is 8.22. The van der Waals surface area contributed by atoms with Crippen molar-refractivity contribution in [1.29, 1.82) is 0 Å². The zero-order chi connectivity index (χ0) is 89.9. The number of nitrogens with one attached hydrogen (secondary N) is 5. The average molecular weight is 1880 g/mol. The number of sulfonamides is 4. The lowest BCUT2D eigenvalue weighted by atomic mass is 10.1. The number of ether oxygens (including phenoxy) is 4. The van der Waals surface area contributed by atoms with Crippen LogP contribution in [0.3, 0.4) is 0 Å². The van der Waals surface area contributed by atoms with E-state index in [0.29, 0.717) is 105 Å². The molecule has 0 radical (unpaired) electrons. The monoisotopic (exact) mass is 1880 g/mol. The zero-order valence-electron chi connectivity index (χ0n) is 66.9. The molecule has 0 spiro atoms. The van der Waals surface area contributed by atoms with E-state index >= 15 is 0 Å². The molecule has 10 heterocycles. The summed E-state index contributed by atoms with van der Waals surface area (Å²) < 4.78 is 125. The van der Waals surface area contributed by atoms with Gasteiger partial charge in [0.25, 0.3) is 23.6 Å². The Morgan fingerprint density at radius 1 is 0.422 bits per heavy atom. The summed E-state index contributed by atoms with van der Waals surface area (Å²) in [4.78, 5) is 75.0. The molecule has 8 aromatic carbocycles. The quantitative estimate of drug-likeness (QED) is 0.0561.